The number of carboxylic acids is 1. The Morgan fingerprint density at radius 2 is 2.06 bits per heavy atom. The molecule has 2 unspecified atom stereocenters. The molecule has 0 amide bonds. The molecule has 0 aromatic carbocycles. The third kappa shape index (κ3) is 2.91. The van der Waals surface area contributed by atoms with E-state index in [0.717, 1.165) is 13.1 Å². The highest BCUT2D eigenvalue weighted by molar-refractivity contribution is 5.86. The molecular formula is C13H19NO4. The zero-order valence-corrected chi connectivity index (χ0v) is 11.0. The van der Waals surface area contributed by atoms with Gasteiger partial charge in [0.1, 0.15) is 5.76 Å². The van der Waals surface area contributed by atoms with Crippen LogP contribution in [0.2, 0.25) is 0 Å². The Hall–Kier alpha value is -1.33. The number of hydrogen-bond donors (Lipinski definition) is 1. The minimum absolute atomic E-state index is 0.0411. The van der Waals surface area contributed by atoms with Crippen LogP contribution in [-0.4, -0.2) is 41.3 Å². The summed E-state index contributed by atoms with van der Waals surface area (Å²) in [7, 11) is 0. The Morgan fingerprint density at radius 1 is 1.44 bits per heavy atom. The molecule has 1 N–H and O–H groups in total. The van der Waals surface area contributed by atoms with Gasteiger partial charge in [0.05, 0.1) is 18.8 Å². The normalized spacial score (nSPS) is 25.3. The van der Waals surface area contributed by atoms with Crippen molar-refractivity contribution in [1.29, 1.82) is 0 Å². The zero-order chi connectivity index (χ0) is 13.3. The number of carbonyl (C=O) groups is 1. The summed E-state index contributed by atoms with van der Waals surface area (Å²) in [5.41, 5.74) is 0.673. The van der Waals surface area contributed by atoms with Gasteiger partial charge in [0.15, 0.2) is 0 Å². The maximum absolute atomic E-state index is 10.9. The van der Waals surface area contributed by atoms with Crippen LogP contribution >= 0.6 is 0 Å². The fourth-order valence-corrected chi connectivity index (χ4v) is 2.47. The van der Waals surface area contributed by atoms with Crippen LogP contribution in [0.25, 0.3) is 0 Å². The van der Waals surface area contributed by atoms with E-state index in [0.29, 0.717) is 17.9 Å². The number of rotatable bonds is 3. The maximum Gasteiger partial charge on any atom is 0.372 e. The number of ether oxygens (including phenoxy) is 1. The number of nitrogens with zero attached hydrogens (tertiary/aromatic N) is 1. The van der Waals surface area contributed by atoms with Crippen molar-refractivity contribution < 1.29 is 19.1 Å². The highest BCUT2D eigenvalue weighted by Gasteiger charge is 2.24. The molecule has 5 heteroatoms. The number of carboxylic acid groups (broad SMARTS) is 1. The quantitative estimate of drug-likeness (QED) is 0.891. The summed E-state index contributed by atoms with van der Waals surface area (Å²) in [5, 5.41) is 8.94. The second-order valence-electron chi connectivity index (χ2n) is 4.98. The van der Waals surface area contributed by atoms with E-state index in [1.54, 1.807) is 13.0 Å². The van der Waals surface area contributed by atoms with Gasteiger partial charge in [-0.25, -0.2) is 4.79 Å². The molecule has 0 radical (unpaired) electrons. The van der Waals surface area contributed by atoms with Crippen molar-refractivity contribution >= 4 is 5.97 Å². The van der Waals surface area contributed by atoms with E-state index in [1.807, 2.05) is 13.8 Å². The first-order valence-corrected chi connectivity index (χ1v) is 6.16. The fourth-order valence-electron chi connectivity index (χ4n) is 2.47. The molecule has 2 atom stereocenters. The molecule has 0 saturated carbocycles. The van der Waals surface area contributed by atoms with Crippen LogP contribution in [0.1, 0.15) is 35.7 Å². The molecule has 2 heterocycles. The van der Waals surface area contributed by atoms with Crippen molar-refractivity contribution in [3.8, 4) is 0 Å². The van der Waals surface area contributed by atoms with E-state index >= 15 is 0 Å². The first-order chi connectivity index (χ1) is 8.45. The Kier molecular flexibility index (Phi) is 3.73. The SMILES string of the molecule is Cc1cc(CN2CC(C)OC(C)C2)oc1C(=O)O. The van der Waals surface area contributed by atoms with Crippen molar-refractivity contribution in [1.82, 2.24) is 4.90 Å². The zero-order valence-electron chi connectivity index (χ0n) is 11.0. The summed E-state index contributed by atoms with van der Waals surface area (Å²) >= 11 is 0. The molecule has 1 aromatic rings. The predicted molar refractivity (Wildman–Crippen MR) is 65.7 cm³/mol. The van der Waals surface area contributed by atoms with Gasteiger partial charge in [-0.2, -0.15) is 0 Å². The highest BCUT2D eigenvalue weighted by Crippen LogP contribution is 2.19. The van der Waals surface area contributed by atoms with Gasteiger partial charge in [0.2, 0.25) is 5.76 Å². The van der Waals surface area contributed by atoms with Crippen LogP contribution in [0.15, 0.2) is 10.5 Å². The van der Waals surface area contributed by atoms with Crippen LogP contribution in [0.3, 0.4) is 0 Å². The van der Waals surface area contributed by atoms with Crippen LogP contribution in [-0.2, 0) is 11.3 Å². The van der Waals surface area contributed by atoms with Gasteiger partial charge in [-0.3, -0.25) is 4.90 Å². The summed E-state index contributed by atoms with van der Waals surface area (Å²) in [5.74, 6) is -0.270. The van der Waals surface area contributed by atoms with Gasteiger partial charge in [-0.05, 0) is 26.8 Å². The van der Waals surface area contributed by atoms with Gasteiger partial charge >= 0.3 is 5.97 Å². The van der Waals surface area contributed by atoms with Crippen molar-refractivity contribution in [2.24, 2.45) is 0 Å². The lowest BCUT2D eigenvalue weighted by Crippen LogP contribution is -2.44. The Bertz CT molecular complexity index is 430. The molecule has 100 valence electrons. The second kappa shape index (κ2) is 5.12. The van der Waals surface area contributed by atoms with Gasteiger partial charge in [0.25, 0.3) is 0 Å². The van der Waals surface area contributed by atoms with E-state index in [2.05, 4.69) is 4.90 Å². The maximum atomic E-state index is 10.9. The van der Waals surface area contributed by atoms with Gasteiger partial charge in [0, 0.05) is 18.7 Å². The minimum atomic E-state index is -1.01. The third-order valence-electron chi connectivity index (χ3n) is 3.04. The summed E-state index contributed by atoms with van der Waals surface area (Å²) < 4.78 is 11.0. The first-order valence-electron chi connectivity index (χ1n) is 6.16. The summed E-state index contributed by atoms with van der Waals surface area (Å²) in [6, 6.07) is 1.80. The average molecular weight is 253 g/mol. The Labute approximate surface area is 106 Å². The summed E-state index contributed by atoms with van der Waals surface area (Å²) in [6.07, 6.45) is 0.396. The van der Waals surface area contributed by atoms with Crippen LogP contribution in [0.4, 0.5) is 0 Å². The molecule has 1 fully saturated rings. The van der Waals surface area contributed by atoms with Gasteiger partial charge in [-0.15, -0.1) is 0 Å². The van der Waals surface area contributed by atoms with E-state index < -0.39 is 5.97 Å². The second-order valence-corrected chi connectivity index (χ2v) is 4.98. The van der Waals surface area contributed by atoms with E-state index in [9.17, 15) is 4.79 Å². The topological polar surface area (TPSA) is 62.9 Å². The first kappa shape index (κ1) is 13.1. The van der Waals surface area contributed by atoms with Crippen LogP contribution < -0.4 is 0 Å². The van der Waals surface area contributed by atoms with Crippen molar-refractivity contribution in [2.45, 2.75) is 39.5 Å². The van der Waals surface area contributed by atoms with Crippen LogP contribution in [0.5, 0.6) is 0 Å². The number of aromatic carboxylic acids is 1. The van der Waals surface area contributed by atoms with E-state index in [-0.39, 0.29) is 18.0 Å². The molecule has 5 nitrogen and oxygen atoms in total. The monoisotopic (exact) mass is 253 g/mol. The van der Waals surface area contributed by atoms with Gasteiger partial charge < -0.3 is 14.3 Å². The number of furan rings is 1. The predicted octanol–water partition coefficient (Wildman–Crippen LogP) is 1.90. The third-order valence-corrected chi connectivity index (χ3v) is 3.04. The van der Waals surface area contributed by atoms with E-state index in [4.69, 9.17) is 14.3 Å². The average Bonchev–Trinajstić information content (AvgIpc) is 2.57. The molecule has 1 aromatic heterocycles. The Morgan fingerprint density at radius 3 is 2.56 bits per heavy atom. The van der Waals surface area contributed by atoms with Crippen LogP contribution in [0, 0.1) is 6.92 Å². The summed E-state index contributed by atoms with van der Waals surface area (Å²) in [4.78, 5) is 13.1. The molecule has 0 spiro atoms. The molecule has 0 bridgehead atoms. The van der Waals surface area contributed by atoms with Crippen molar-refractivity contribution in [2.75, 3.05) is 13.1 Å². The minimum Gasteiger partial charge on any atom is -0.475 e. The van der Waals surface area contributed by atoms with Gasteiger partial charge in [-0.1, -0.05) is 0 Å². The van der Waals surface area contributed by atoms with Crippen molar-refractivity contribution in [3.63, 3.8) is 0 Å². The number of morpholine rings is 1. The molecule has 1 saturated heterocycles. The lowest BCUT2D eigenvalue weighted by atomic mass is 10.2. The fraction of sp³-hybridized carbons (Fsp3) is 0.615. The standard InChI is InChI=1S/C13H19NO4/c1-8-4-11(18-12(8)13(15)16)7-14-5-9(2)17-10(3)6-14/h4,9-10H,5-7H2,1-3H3,(H,15,16). The highest BCUT2D eigenvalue weighted by atomic mass is 16.5. The molecular weight excluding hydrogens is 234 g/mol. The smallest absolute Gasteiger partial charge is 0.372 e. The lowest BCUT2D eigenvalue weighted by Gasteiger charge is -2.34. The van der Waals surface area contributed by atoms with E-state index in [1.165, 1.54) is 0 Å². The molecule has 1 aliphatic heterocycles. The molecule has 18 heavy (non-hydrogen) atoms. The Balaban J connectivity index is 2.05. The van der Waals surface area contributed by atoms with Crippen molar-refractivity contribution in [3.05, 3.63) is 23.2 Å². The number of hydrogen-bond acceptors (Lipinski definition) is 4. The molecule has 0 aliphatic carbocycles. The molecule has 2 rings (SSSR count). The lowest BCUT2D eigenvalue weighted by molar-refractivity contribution is -0.0718. The largest absolute Gasteiger partial charge is 0.475 e. The molecule has 1 aliphatic rings. The number of aryl methyl sites for hydroxylation is 1. The summed E-state index contributed by atoms with van der Waals surface area (Å²) in [6.45, 7) is 8.14.